The van der Waals surface area contributed by atoms with Crippen molar-refractivity contribution in [2.45, 2.75) is 13.8 Å². The van der Waals surface area contributed by atoms with Gasteiger partial charge in [0.25, 0.3) is 0 Å². The quantitative estimate of drug-likeness (QED) is 0.185. The molecule has 0 aliphatic rings. The van der Waals surface area contributed by atoms with Crippen LogP contribution in [0.4, 0.5) is 0 Å². The summed E-state index contributed by atoms with van der Waals surface area (Å²) >= 11 is 0. The van der Waals surface area contributed by atoms with Crippen LogP contribution in [0.15, 0.2) is 97.1 Å². The highest BCUT2D eigenvalue weighted by Gasteiger charge is 2.11. The van der Waals surface area contributed by atoms with Gasteiger partial charge in [-0.15, -0.1) is 0 Å². The maximum absolute atomic E-state index is 3.50. The van der Waals surface area contributed by atoms with Crippen molar-refractivity contribution < 1.29 is 0 Å². The second-order valence-corrected chi connectivity index (χ2v) is 7.97. The molecule has 0 amide bonds. The molecule has 0 aliphatic heterocycles. The summed E-state index contributed by atoms with van der Waals surface area (Å²) < 4.78 is 0. The van der Waals surface area contributed by atoms with Crippen LogP contribution in [0, 0.1) is 37.5 Å². The molecule has 5 rings (SSSR count). The van der Waals surface area contributed by atoms with E-state index in [0.29, 0.717) is 0 Å². The van der Waals surface area contributed by atoms with Crippen molar-refractivity contribution in [3.05, 3.63) is 130 Å². The van der Waals surface area contributed by atoms with Crippen molar-refractivity contribution in [3.63, 3.8) is 0 Å². The molecule has 0 heteroatoms. The van der Waals surface area contributed by atoms with E-state index in [4.69, 9.17) is 0 Å². The van der Waals surface area contributed by atoms with Crippen LogP contribution in [-0.4, -0.2) is 0 Å². The van der Waals surface area contributed by atoms with Crippen LogP contribution in [0.1, 0.15) is 33.4 Å². The lowest BCUT2D eigenvalue weighted by molar-refractivity contribution is 1.44. The number of benzene rings is 5. The van der Waals surface area contributed by atoms with E-state index >= 15 is 0 Å². The number of fused-ring (bicyclic) bond motifs is 2. The lowest BCUT2D eigenvalue weighted by atomic mass is 9.91. The Balaban J connectivity index is 1.80. The first kappa shape index (κ1) is 19.7. The Labute approximate surface area is 189 Å². The molecule has 5 aromatic rings. The van der Waals surface area contributed by atoms with E-state index in [2.05, 4.69) is 110 Å². The number of hydrogen-bond donors (Lipinski definition) is 0. The minimum Gasteiger partial charge on any atom is -0.0619 e. The van der Waals surface area contributed by atoms with Crippen LogP contribution in [-0.2, 0) is 0 Å². The molecule has 5 aromatic carbocycles. The van der Waals surface area contributed by atoms with E-state index < -0.39 is 0 Å². The van der Waals surface area contributed by atoms with Gasteiger partial charge < -0.3 is 0 Å². The maximum Gasteiger partial charge on any atom is 0.0406 e. The first-order valence-corrected chi connectivity index (χ1v) is 10.8. The van der Waals surface area contributed by atoms with Gasteiger partial charge in [-0.3, -0.25) is 0 Å². The molecule has 0 aromatic heterocycles. The average Bonchev–Trinajstić information content (AvgIpc) is 2.83. The highest BCUT2D eigenvalue weighted by atomic mass is 14.1. The number of hydrogen-bond acceptors (Lipinski definition) is 0. The Bertz CT molecular complexity index is 1420. The molecule has 150 valence electrons. The molecule has 0 bridgehead atoms. The highest BCUT2D eigenvalue weighted by Crippen LogP contribution is 2.32. The summed E-state index contributed by atoms with van der Waals surface area (Å²) in [5.41, 5.74) is 6.61. The van der Waals surface area contributed by atoms with E-state index in [1.54, 1.807) is 0 Å². The summed E-state index contributed by atoms with van der Waals surface area (Å²) in [6, 6.07) is 33.5. The monoisotopic (exact) mass is 406 g/mol. The van der Waals surface area contributed by atoms with Crippen LogP contribution in [0.5, 0.6) is 0 Å². The lowest BCUT2D eigenvalue weighted by Crippen LogP contribution is -1.91. The smallest absolute Gasteiger partial charge is 0.0406 e. The molecule has 0 saturated heterocycles. The highest BCUT2D eigenvalue weighted by molar-refractivity contribution is 6.09. The molecule has 0 radical (unpaired) electrons. The molecule has 0 N–H and O–H groups in total. The van der Waals surface area contributed by atoms with Crippen molar-refractivity contribution in [1.82, 2.24) is 0 Å². The van der Waals surface area contributed by atoms with Crippen LogP contribution >= 0.6 is 0 Å². The third kappa shape index (κ3) is 3.65. The average molecular weight is 407 g/mol. The van der Waals surface area contributed by atoms with Crippen LogP contribution in [0.2, 0.25) is 0 Å². The molecule has 0 atom stereocenters. The maximum atomic E-state index is 3.50. The normalized spacial score (nSPS) is 10.3. The predicted molar refractivity (Wildman–Crippen MR) is 136 cm³/mol. The van der Waals surface area contributed by atoms with Crippen molar-refractivity contribution in [1.29, 1.82) is 0 Å². The minimum atomic E-state index is 1.06. The molecule has 32 heavy (non-hydrogen) atoms. The van der Waals surface area contributed by atoms with Crippen LogP contribution in [0.3, 0.4) is 0 Å². The molecular weight excluding hydrogens is 384 g/mol. The van der Waals surface area contributed by atoms with Gasteiger partial charge in [0.05, 0.1) is 0 Å². The topological polar surface area (TPSA) is 0 Å². The molecular formula is C32H22. The van der Waals surface area contributed by atoms with Gasteiger partial charge in [-0.25, -0.2) is 0 Å². The molecule has 0 heterocycles. The van der Waals surface area contributed by atoms with Crippen LogP contribution in [0.25, 0.3) is 21.5 Å². The summed E-state index contributed by atoms with van der Waals surface area (Å²) in [5.74, 6) is 13.8. The minimum absolute atomic E-state index is 1.06. The molecule has 0 spiro atoms. The van der Waals surface area contributed by atoms with Gasteiger partial charge in [0, 0.05) is 22.3 Å². The van der Waals surface area contributed by atoms with Gasteiger partial charge in [0.2, 0.25) is 0 Å². The largest absolute Gasteiger partial charge is 0.0619 e. The predicted octanol–water partition coefficient (Wildman–Crippen LogP) is 7.41. The number of rotatable bonds is 0. The van der Waals surface area contributed by atoms with Gasteiger partial charge in [0.1, 0.15) is 0 Å². The van der Waals surface area contributed by atoms with E-state index in [1.807, 2.05) is 24.3 Å². The zero-order valence-corrected chi connectivity index (χ0v) is 18.2. The van der Waals surface area contributed by atoms with Gasteiger partial charge in [0.15, 0.2) is 0 Å². The van der Waals surface area contributed by atoms with Crippen molar-refractivity contribution >= 4 is 21.5 Å². The fraction of sp³-hybridized carbons (Fsp3) is 0.0625. The zero-order valence-electron chi connectivity index (χ0n) is 18.2. The molecule has 0 aliphatic carbocycles. The van der Waals surface area contributed by atoms with Gasteiger partial charge >= 0.3 is 0 Å². The van der Waals surface area contributed by atoms with Crippen molar-refractivity contribution in [3.8, 4) is 23.7 Å². The first-order chi connectivity index (χ1) is 15.7. The van der Waals surface area contributed by atoms with Gasteiger partial charge in [-0.1, -0.05) is 109 Å². The Morgan fingerprint density at radius 1 is 0.375 bits per heavy atom. The van der Waals surface area contributed by atoms with Gasteiger partial charge in [-0.05, 0) is 58.7 Å². The van der Waals surface area contributed by atoms with E-state index in [1.165, 1.54) is 11.1 Å². The van der Waals surface area contributed by atoms with E-state index in [-0.39, 0.29) is 0 Å². The SMILES string of the molecule is Cc1ccccc1C#Cc1c2ccccc2c(C#Cc2ccccc2C)c2ccccc12. The second-order valence-electron chi connectivity index (χ2n) is 7.97. The molecule has 0 unspecified atom stereocenters. The summed E-state index contributed by atoms with van der Waals surface area (Å²) in [5, 5.41) is 4.56. The standard InChI is InChI=1S/C32H22/c1-23-11-3-5-13-25(23)19-21-31-27-15-7-9-17-29(27)32(30-18-10-8-16-28(30)31)22-20-26-14-6-4-12-24(26)2/h3-18H,1-2H3. The summed E-state index contributed by atoms with van der Waals surface area (Å²) in [7, 11) is 0. The number of aryl methyl sites for hydroxylation is 2. The molecule has 0 nitrogen and oxygen atoms in total. The molecule has 0 fully saturated rings. The third-order valence-electron chi connectivity index (χ3n) is 5.87. The fourth-order valence-electron chi connectivity index (χ4n) is 4.08. The van der Waals surface area contributed by atoms with Crippen LogP contribution < -0.4 is 0 Å². The summed E-state index contributed by atoms with van der Waals surface area (Å²) in [4.78, 5) is 0. The Morgan fingerprint density at radius 3 is 1.03 bits per heavy atom. The Hall–Kier alpha value is -4.26. The van der Waals surface area contributed by atoms with Crippen molar-refractivity contribution in [2.24, 2.45) is 0 Å². The lowest BCUT2D eigenvalue weighted by Gasteiger charge is -2.10. The second kappa shape index (κ2) is 8.47. The Morgan fingerprint density at radius 2 is 0.688 bits per heavy atom. The zero-order chi connectivity index (χ0) is 21.9. The summed E-state index contributed by atoms with van der Waals surface area (Å²) in [6.45, 7) is 4.20. The van der Waals surface area contributed by atoms with Gasteiger partial charge in [-0.2, -0.15) is 0 Å². The first-order valence-electron chi connectivity index (χ1n) is 10.8. The van der Waals surface area contributed by atoms with E-state index in [0.717, 1.165) is 43.8 Å². The summed E-state index contributed by atoms with van der Waals surface area (Å²) in [6.07, 6.45) is 0. The van der Waals surface area contributed by atoms with E-state index in [9.17, 15) is 0 Å². The Kier molecular flexibility index (Phi) is 5.21. The molecule has 0 saturated carbocycles. The third-order valence-corrected chi connectivity index (χ3v) is 5.87. The fourth-order valence-corrected chi connectivity index (χ4v) is 4.08. The van der Waals surface area contributed by atoms with Crippen molar-refractivity contribution in [2.75, 3.05) is 0 Å².